The number of amides is 1. The number of aryl methyl sites for hydroxylation is 1. The standard InChI is InChI=1S/C23H28N6O2/c1-15-19(23(31)28-10-17-8-27(2)9-18(17)11-28)12-29-21(15)22(24-14-25-29)26-20(13-30)16-6-4-3-5-7-16/h3-7,12,14,17-18,20,30H,8-11,13H2,1-2H3,(H,24,25,26). The topological polar surface area (TPSA) is 86.0 Å². The van der Waals surface area contributed by atoms with Gasteiger partial charge in [0.25, 0.3) is 5.91 Å². The van der Waals surface area contributed by atoms with Crippen LogP contribution in [0.25, 0.3) is 5.52 Å². The molecular formula is C23H28N6O2. The lowest BCUT2D eigenvalue weighted by atomic mass is 10.0. The number of aromatic nitrogens is 3. The number of hydrogen-bond donors (Lipinski definition) is 2. The number of carbonyl (C=O) groups is 1. The highest BCUT2D eigenvalue weighted by atomic mass is 16.3. The lowest BCUT2D eigenvalue weighted by Gasteiger charge is -2.19. The maximum atomic E-state index is 13.4. The Balaban J connectivity index is 1.43. The van der Waals surface area contributed by atoms with Gasteiger partial charge in [0, 0.05) is 32.4 Å². The van der Waals surface area contributed by atoms with Gasteiger partial charge in [-0.1, -0.05) is 30.3 Å². The number of fused-ring (bicyclic) bond motifs is 2. The van der Waals surface area contributed by atoms with Crippen molar-refractivity contribution in [3.63, 3.8) is 0 Å². The Kier molecular flexibility index (Phi) is 5.11. The van der Waals surface area contributed by atoms with Crippen LogP contribution in [0, 0.1) is 18.8 Å². The molecular weight excluding hydrogens is 392 g/mol. The summed E-state index contributed by atoms with van der Waals surface area (Å²) >= 11 is 0. The van der Waals surface area contributed by atoms with Crippen molar-refractivity contribution >= 4 is 17.2 Å². The third-order valence-electron chi connectivity index (χ3n) is 6.71. The Morgan fingerprint density at radius 3 is 2.58 bits per heavy atom. The first-order chi connectivity index (χ1) is 15.0. The fourth-order valence-electron chi connectivity index (χ4n) is 5.13. The normalized spacial score (nSPS) is 22.1. The highest BCUT2D eigenvalue weighted by Crippen LogP contribution is 2.33. The third-order valence-corrected chi connectivity index (χ3v) is 6.71. The summed E-state index contributed by atoms with van der Waals surface area (Å²) in [5.41, 5.74) is 3.25. The van der Waals surface area contributed by atoms with Gasteiger partial charge in [-0.2, -0.15) is 5.10 Å². The van der Waals surface area contributed by atoms with Crippen LogP contribution >= 0.6 is 0 Å². The first-order valence-corrected chi connectivity index (χ1v) is 10.8. The van der Waals surface area contributed by atoms with E-state index in [9.17, 15) is 9.90 Å². The number of benzene rings is 1. The first kappa shape index (κ1) is 20.0. The first-order valence-electron chi connectivity index (χ1n) is 10.8. The molecule has 3 atom stereocenters. The van der Waals surface area contributed by atoms with Crippen LogP contribution in [0.5, 0.6) is 0 Å². The Hall–Kier alpha value is -2.97. The van der Waals surface area contributed by atoms with Gasteiger partial charge < -0.3 is 20.2 Å². The van der Waals surface area contributed by atoms with E-state index in [1.54, 1.807) is 10.7 Å². The smallest absolute Gasteiger partial charge is 0.255 e. The van der Waals surface area contributed by atoms with Gasteiger partial charge in [0.2, 0.25) is 0 Å². The molecule has 0 aliphatic carbocycles. The van der Waals surface area contributed by atoms with E-state index in [0.717, 1.165) is 42.8 Å². The quantitative estimate of drug-likeness (QED) is 0.655. The molecule has 162 valence electrons. The molecule has 3 aromatic rings. The molecule has 3 unspecified atom stereocenters. The number of carbonyl (C=O) groups excluding carboxylic acids is 1. The minimum atomic E-state index is -0.303. The summed E-state index contributed by atoms with van der Waals surface area (Å²) in [6.07, 6.45) is 3.27. The van der Waals surface area contributed by atoms with Crippen molar-refractivity contribution < 1.29 is 9.90 Å². The van der Waals surface area contributed by atoms with Crippen LogP contribution in [-0.2, 0) is 0 Å². The van der Waals surface area contributed by atoms with Crippen molar-refractivity contribution in [3.8, 4) is 0 Å². The van der Waals surface area contributed by atoms with Crippen LogP contribution in [0.3, 0.4) is 0 Å². The van der Waals surface area contributed by atoms with Crippen LogP contribution in [-0.4, -0.2) is 75.2 Å². The molecule has 2 fully saturated rings. The molecule has 5 rings (SSSR count). The second-order valence-electron chi connectivity index (χ2n) is 8.81. The minimum absolute atomic E-state index is 0.0628. The zero-order valence-corrected chi connectivity index (χ0v) is 17.9. The number of hydrogen-bond acceptors (Lipinski definition) is 6. The van der Waals surface area contributed by atoms with Crippen LogP contribution < -0.4 is 5.32 Å². The predicted octanol–water partition coefficient (Wildman–Crippen LogP) is 1.82. The van der Waals surface area contributed by atoms with Crippen LogP contribution in [0.4, 0.5) is 5.82 Å². The van der Waals surface area contributed by atoms with Crippen LogP contribution in [0.15, 0.2) is 42.9 Å². The number of likely N-dealkylation sites (tertiary alicyclic amines) is 2. The molecule has 2 aliphatic rings. The average molecular weight is 421 g/mol. The number of aliphatic hydroxyl groups excluding tert-OH is 1. The van der Waals surface area contributed by atoms with Crippen molar-refractivity contribution in [2.45, 2.75) is 13.0 Å². The molecule has 0 spiro atoms. The molecule has 8 heteroatoms. The van der Waals surface area contributed by atoms with Gasteiger partial charge in [-0.3, -0.25) is 4.79 Å². The van der Waals surface area contributed by atoms with Crippen molar-refractivity contribution in [2.75, 3.05) is 45.2 Å². The number of nitrogens with zero attached hydrogens (tertiary/aromatic N) is 5. The summed E-state index contributed by atoms with van der Waals surface area (Å²) in [4.78, 5) is 22.1. The van der Waals surface area contributed by atoms with E-state index in [2.05, 4.69) is 27.3 Å². The molecule has 0 bridgehead atoms. The summed E-state index contributed by atoms with van der Waals surface area (Å²) in [6.45, 7) is 5.63. The Labute approximate surface area is 181 Å². The SMILES string of the molecule is Cc1c(C(=O)N2CC3CN(C)CC3C2)cn2ncnc(NC(CO)c3ccccc3)c12. The molecule has 0 saturated carbocycles. The maximum Gasteiger partial charge on any atom is 0.255 e. The zero-order chi connectivity index (χ0) is 21.5. The summed E-state index contributed by atoms with van der Waals surface area (Å²) in [5.74, 6) is 1.81. The van der Waals surface area contributed by atoms with Gasteiger partial charge in [-0.05, 0) is 36.9 Å². The Morgan fingerprint density at radius 1 is 1.19 bits per heavy atom. The minimum Gasteiger partial charge on any atom is -0.394 e. The van der Waals surface area contributed by atoms with Gasteiger partial charge >= 0.3 is 0 Å². The van der Waals surface area contributed by atoms with Gasteiger partial charge in [0.05, 0.1) is 18.2 Å². The van der Waals surface area contributed by atoms with Gasteiger partial charge in [-0.15, -0.1) is 0 Å². The zero-order valence-electron chi connectivity index (χ0n) is 17.9. The van der Waals surface area contributed by atoms with Gasteiger partial charge in [-0.25, -0.2) is 9.50 Å². The monoisotopic (exact) mass is 420 g/mol. The highest BCUT2D eigenvalue weighted by molar-refractivity contribution is 5.99. The van der Waals surface area contributed by atoms with E-state index >= 15 is 0 Å². The molecule has 1 aromatic carbocycles. The predicted molar refractivity (Wildman–Crippen MR) is 118 cm³/mol. The van der Waals surface area contributed by atoms with Crippen molar-refractivity contribution in [2.24, 2.45) is 11.8 Å². The molecule has 2 N–H and O–H groups in total. The average Bonchev–Trinajstić information content (AvgIpc) is 3.43. The third kappa shape index (κ3) is 3.55. The molecule has 8 nitrogen and oxygen atoms in total. The largest absolute Gasteiger partial charge is 0.394 e. The molecule has 2 aromatic heterocycles. The second-order valence-corrected chi connectivity index (χ2v) is 8.81. The fraction of sp³-hybridized carbons (Fsp3) is 0.435. The summed E-state index contributed by atoms with van der Waals surface area (Å²) in [6, 6.07) is 9.46. The van der Waals surface area contributed by atoms with Crippen LogP contribution in [0.1, 0.15) is 27.5 Å². The number of aliphatic hydroxyl groups is 1. The summed E-state index contributed by atoms with van der Waals surface area (Å²) in [5, 5.41) is 17.6. The highest BCUT2D eigenvalue weighted by Gasteiger charge is 2.41. The molecule has 4 heterocycles. The molecule has 2 saturated heterocycles. The number of nitrogens with one attached hydrogen (secondary N) is 1. The molecule has 1 amide bonds. The summed E-state index contributed by atoms with van der Waals surface area (Å²) in [7, 11) is 2.15. The van der Waals surface area contributed by atoms with E-state index in [1.807, 2.05) is 42.2 Å². The Bertz CT molecular complexity index is 1080. The second kappa shape index (κ2) is 7.94. The number of rotatable bonds is 5. The lowest BCUT2D eigenvalue weighted by molar-refractivity contribution is 0.0775. The van der Waals surface area contributed by atoms with Gasteiger partial charge in [0.1, 0.15) is 11.8 Å². The van der Waals surface area contributed by atoms with Crippen molar-refractivity contribution in [1.82, 2.24) is 24.4 Å². The maximum absolute atomic E-state index is 13.4. The van der Waals surface area contributed by atoms with Crippen molar-refractivity contribution in [1.29, 1.82) is 0 Å². The van der Waals surface area contributed by atoms with Gasteiger partial charge in [0.15, 0.2) is 5.82 Å². The van der Waals surface area contributed by atoms with E-state index in [-0.39, 0.29) is 18.6 Å². The van der Waals surface area contributed by atoms with E-state index < -0.39 is 0 Å². The van der Waals surface area contributed by atoms with E-state index in [0.29, 0.717) is 23.2 Å². The molecule has 2 aliphatic heterocycles. The van der Waals surface area contributed by atoms with Crippen LogP contribution in [0.2, 0.25) is 0 Å². The number of anilines is 1. The summed E-state index contributed by atoms with van der Waals surface area (Å²) < 4.78 is 1.71. The van der Waals surface area contributed by atoms with Crippen molar-refractivity contribution in [3.05, 3.63) is 59.5 Å². The lowest BCUT2D eigenvalue weighted by Crippen LogP contribution is -2.32. The van der Waals surface area contributed by atoms with E-state index in [1.165, 1.54) is 6.33 Å². The fourth-order valence-corrected chi connectivity index (χ4v) is 5.13. The molecule has 0 radical (unpaired) electrons. The Morgan fingerprint density at radius 2 is 1.90 bits per heavy atom. The molecule has 31 heavy (non-hydrogen) atoms. The van der Waals surface area contributed by atoms with E-state index in [4.69, 9.17) is 0 Å².